The predicted molar refractivity (Wildman–Crippen MR) is 73.9 cm³/mol. The van der Waals surface area contributed by atoms with Crippen molar-refractivity contribution in [2.24, 2.45) is 0 Å². The molecule has 0 spiro atoms. The molecular formula is C13H15N3OS. The number of para-hydroxylation sites is 1. The summed E-state index contributed by atoms with van der Waals surface area (Å²) in [5, 5.41) is 7.01. The Morgan fingerprint density at radius 2 is 2.22 bits per heavy atom. The van der Waals surface area contributed by atoms with Gasteiger partial charge in [-0.1, -0.05) is 23.5 Å². The third-order valence-electron chi connectivity index (χ3n) is 3.13. The molecule has 3 rings (SSSR count). The average Bonchev–Trinajstić information content (AvgIpc) is 2.68. The quantitative estimate of drug-likeness (QED) is 0.872. The largest absolute Gasteiger partial charge is 0.354 e. The molecular weight excluding hydrogens is 246 g/mol. The molecule has 5 heteroatoms. The van der Waals surface area contributed by atoms with E-state index in [0.29, 0.717) is 0 Å². The van der Waals surface area contributed by atoms with Gasteiger partial charge in [0, 0.05) is 6.54 Å². The van der Waals surface area contributed by atoms with Crippen LogP contribution in [0.1, 0.15) is 19.3 Å². The van der Waals surface area contributed by atoms with Gasteiger partial charge in [0.2, 0.25) is 5.91 Å². The number of rotatable bonds is 2. The second kappa shape index (κ2) is 4.94. The minimum atomic E-state index is -0.145. The van der Waals surface area contributed by atoms with Gasteiger partial charge in [-0.15, -0.1) is 0 Å². The lowest BCUT2D eigenvalue weighted by Crippen LogP contribution is -2.37. The number of carbonyl (C=O) groups is 1. The fourth-order valence-corrected chi connectivity index (χ4v) is 3.08. The van der Waals surface area contributed by atoms with E-state index < -0.39 is 0 Å². The average molecular weight is 261 g/mol. The van der Waals surface area contributed by atoms with E-state index in [9.17, 15) is 4.79 Å². The van der Waals surface area contributed by atoms with E-state index in [0.717, 1.165) is 41.2 Å². The number of hydrogen-bond acceptors (Lipinski definition) is 4. The number of anilines is 1. The third-order valence-corrected chi connectivity index (χ3v) is 4.09. The summed E-state index contributed by atoms with van der Waals surface area (Å²) in [6.45, 7) is 0.789. The molecule has 0 aliphatic carbocycles. The number of hydrogen-bond donors (Lipinski definition) is 2. The number of benzene rings is 1. The first-order valence-electron chi connectivity index (χ1n) is 6.23. The molecule has 2 aromatic rings. The smallest absolute Gasteiger partial charge is 0.242 e. The van der Waals surface area contributed by atoms with Gasteiger partial charge < -0.3 is 10.6 Å². The van der Waals surface area contributed by atoms with Crippen LogP contribution in [0.5, 0.6) is 0 Å². The van der Waals surface area contributed by atoms with E-state index >= 15 is 0 Å². The maximum atomic E-state index is 11.8. The van der Waals surface area contributed by atoms with Crippen molar-refractivity contribution in [3.05, 3.63) is 24.3 Å². The second-order valence-corrected chi connectivity index (χ2v) is 5.50. The van der Waals surface area contributed by atoms with Gasteiger partial charge in [0.1, 0.15) is 6.04 Å². The van der Waals surface area contributed by atoms with Crippen LogP contribution in [0.3, 0.4) is 0 Å². The summed E-state index contributed by atoms with van der Waals surface area (Å²) in [5.41, 5.74) is 0.985. The second-order valence-electron chi connectivity index (χ2n) is 4.47. The van der Waals surface area contributed by atoms with Crippen molar-refractivity contribution in [1.29, 1.82) is 0 Å². The van der Waals surface area contributed by atoms with Gasteiger partial charge in [0.05, 0.1) is 10.2 Å². The molecule has 1 aliphatic rings. The molecule has 1 unspecified atom stereocenters. The van der Waals surface area contributed by atoms with Crippen LogP contribution < -0.4 is 10.6 Å². The summed E-state index contributed by atoms with van der Waals surface area (Å²) in [4.78, 5) is 16.3. The van der Waals surface area contributed by atoms with E-state index in [1.54, 1.807) is 11.3 Å². The highest BCUT2D eigenvalue weighted by molar-refractivity contribution is 7.22. The van der Waals surface area contributed by atoms with Crippen LogP contribution in [0.25, 0.3) is 10.2 Å². The Labute approximate surface area is 109 Å². The van der Waals surface area contributed by atoms with Gasteiger partial charge >= 0.3 is 0 Å². The van der Waals surface area contributed by atoms with E-state index in [2.05, 4.69) is 15.6 Å². The molecule has 1 aromatic carbocycles. The van der Waals surface area contributed by atoms with Gasteiger partial charge in [0.25, 0.3) is 0 Å². The lowest BCUT2D eigenvalue weighted by molar-refractivity contribution is -0.121. The maximum Gasteiger partial charge on any atom is 0.242 e. The summed E-state index contributed by atoms with van der Waals surface area (Å²) in [6, 6.07) is 7.87. The molecule has 1 fully saturated rings. The van der Waals surface area contributed by atoms with Gasteiger partial charge in [-0.2, -0.15) is 0 Å². The molecule has 1 saturated heterocycles. The number of nitrogens with zero attached hydrogens (tertiary/aromatic N) is 1. The Morgan fingerprint density at radius 1 is 1.33 bits per heavy atom. The van der Waals surface area contributed by atoms with Crippen molar-refractivity contribution in [2.45, 2.75) is 25.3 Å². The summed E-state index contributed by atoms with van der Waals surface area (Å²) >= 11 is 1.60. The highest BCUT2D eigenvalue weighted by Gasteiger charge is 2.21. The highest BCUT2D eigenvalue weighted by Crippen LogP contribution is 2.26. The minimum Gasteiger partial charge on any atom is -0.354 e. The number of thiazole rings is 1. The molecule has 4 nitrogen and oxygen atoms in total. The first kappa shape index (κ1) is 11.5. The SMILES string of the molecule is O=C1NCCCCC1Nc1nc2ccccc2s1. The molecule has 1 amide bonds. The van der Waals surface area contributed by atoms with E-state index in [4.69, 9.17) is 0 Å². The van der Waals surface area contributed by atoms with Crippen molar-refractivity contribution in [3.8, 4) is 0 Å². The Balaban J connectivity index is 1.80. The van der Waals surface area contributed by atoms with Crippen LogP contribution in [-0.2, 0) is 4.79 Å². The molecule has 1 aliphatic heterocycles. The van der Waals surface area contributed by atoms with E-state index in [-0.39, 0.29) is 11.9 Å². The van der Waals surface area contributed by atoms with Crippen molar-refractivity contribution < 1.29 is 4.79 Å². The Bertz CT molecular complexity index is 533. The van der Waals surface area contributed by atoms with Crippen molar-refractivity contribution in [2.75, 3.05) is 11.9 Å². The zero-order valence-corrected chi connectivity index (χ0v) is 10.8. The third kappa shape index (κ3) is 2.31. The molecule has 1 aromatic heterocycles. The monoisotopic (exact) mass is 261 g/mol. The summed E-state index contributed by atoms with van der Waals surface area (Å²) in [7, 11) is 0. The molecule has 2 heterocycles. The lowest BCUT2D eigenvalue weighted by atomic mass is 10.1. The molecule has 2 N–H and O–H groups in total. The van der Waals surface area contributed by atoms with E-state index in [1.165, 1.54) is 0 Å². The fourth-order valence-electron chi connectivity index (χ4n) is 2.16. The van der Waals surface area contributed by atoms with Crippen molar-refractivity contribution in [3.63, 3.8) is 0 Å². The predicted octanol–water partition coefficient (Wildman–Crippen LogP) is 2.38. The van der Waals surface area contributed by atoms with Crippen LogP contribution >= 0.6 is 11.3 Å². The number of amides is 1. The van der Waals surface area contributed by atoms with Gasteiger partial charge in [-0.3, -0.25) is 4.79 Å². The van der Waals surface area contributed by atoms with Crippen LogP contribution in [0.2, 0.25) is 0 Å². The lowest BCUT2D eigenvalue weighted by Gasteiger charge is -2.13. The number of aromatic nitrogens is 1. The topological polar surface area (TPSA) is 54.0 Å². The summed E-state index contributed by atoms with van der Waals surface area (Å²) in [5.74, 6) is 0.0896. The van der Waals surface area contributed by atoms with Crippen LogP contribution in [0.15, 0.2) is 24.3 Å². The summed E-state index contributed by atoms with van der Waals surface area (Å²) in [6.07, 6.45) is 3.01. The first-order chi connectivity index (χ1) is 8.83. The van der Waals surface area contributed by atoms with Crippen molar-refractivity contribution in [1.82, 2.24) is 10.3 Å². The molecule has 0 radical (unpaired) electrons. The van der Waals surface area contributed by atoms with Crippen LogP contribution in [0.4, 0.5) is 5.13 Å². The maximum absolute atomic E-state index is 11.8. The Hall–Kier alpha value is -1.62. The van der Waals surface area contributed by atoms with Crippen molar-refractivity contribution >= 4 is 32.6 Å². The van der Waals surface area contributed by atoms with Gasteiger partial charge in [0.15, 0.2) is 5.13 Å². The normalized spacial score (nSPS) is 20.4. The fraction of sp³-hybridized carbons (Fsp3) is 0.385. The number of carbonyl (C=O) groups excluding carboxylic acids is 1. The molecule has 1 atom stereocenters. The Kier molecular flexibility index (Phi) is 3.15. The zero-order chi connectivity index (χ0) is 12.4. The zero-order valence-electron chi connectivity index (χ0n) is 9.98. The highest BCUT2D eigenvalue weighted by atomic mass is 32.1. The first-order valence-corrected chi connectivity index (χ1v) is 7.04. The minimum absolute atomic E-state index is 0.0896. The summed E-state index contributed by atoms with van der Waals surface area (Å²) < 4.78 is 1.15. The molecule has 0 bridgehead atoms. The van der Waals surface area contributed by atoms with E-state index in [1.807, 2.05) is 24.3 Å². The number of fused-ring (bicyclic) bond motifs is 1. The molecule has 18 heavy (non-hydrogen) atoms. The van der Waals surface area contributed by atoms with Crippen LogP contribution in [0, 0.1) is 0 Å². The molecule has 0 saturated carbocycles. The van der Waals surface area contributed by atoms with Gasteiger partial charge in [-0.25, -0.2) is 4.98 Å². The van der Waals surface area contributed by atoms with Crippen LogP contribution in [-0.4, -0.2) is 23.5 Å². The number of nitrogens with one attached hydrogen (secondary N) is 2. The van der Waals surface area contributed by atoms with Gasteiger partial charge in [-0.05, 0) is 31.4 Å². The standard InChI is InChI=1S/C13H15N3OS/c17-12-10(6-3-4-8-14-12)16-13-15-9-5-1-2-7-11(9)18-13/h1-2,5,7,10H,3-4,6,8H2,(H,14,17)(H,15,16). The Morgan fingerprint density at radius 3 is 3.11 bits per heavy atom. The molecule has 94 valence electrons.